The van der Waals surface area contributed by atoms with Gasteiger partial charge in [-0.15, -0.1) is 0 Å². The van der Waals surface area contributed by atoms with Crippen LogP contribution in [0.15, 0.2) is 30.8 Å². The quantitative estimate of drug-likeness (QED) is 0.625. The van der Waals surface area contributed by atoms with Gasteiger partial charge in [0.1, 0.15) is 0 Å². The molecule has 0 heterocycles. The molecule has 1 N–H and O–H groups in total. The van der Waals surface area contributed by atoms with Crippen molar-refractivity contribution in [2.75, 3.05) is 12.4 Å². The minimum absolute atomic E-state index is 0.133. The summed E-state index contributed by atoms with van der Waals surface area (Å²) in [5.41, 5.74) is 2.02. The van der Waals surface area contributed by atoms with E-state index < -0.39 is 0 Å². The van der Waals surface area contributed by atoms with Crippen LogP contribution in [-0.2, 0) is 9.53 Å². The Labute approximate surface area is 96.1 Å². The molecule has 0 saturated carbocycles. The summed E-state index contributed by atoms with van der Waals surface area (Å²) in [5.74, 6) is -0.377. The topological polar surface area (TPSA) is 38.3 Å². The van der Waals surface area contributed by atoms with Gasteiger partial charge in [0.25, 0.3) is 0 Å². The molecule has 1 aromatic rings. The van der Waals surface area contributed by atoms with E-state index in [-0.39, 0.29) is 12.1 Å². The molecular formula is C13H17NO2. The van der Waals surface area contributed by atoms with Crippen LogP contribution in [0.3, 0.4) is 0 Å². The fourth-order valence-electron chi connectivity index (χ4n) is 1.36. The van der Waals surface area contributed by atoms with Crippen LogP contribution in [0.2, 0.25) is 0 Å². The van der Waals surface area contributed by atoms with Crippen molar-refractivity contribution >= 4 is 17.2 Å². The highest BCUT2D eigenvalue weighted by Gasteiger charge is 2.14. The third-order valence-corrected chi connectivity index (χ3v) is 2.11. The highest BCUT2D eigenvalue weighted by molar-refractivity contribution is 6.17. The summed E-state index contributed by atoms with van der Waals surface area (Å²) in [6.45, 7) is 7.40. The third-order valence-electron chi connectivity index (χ3n) is 2.11. The van der Waals surface area contributed by atoms with Gasteiger partial charge in [-0.25, -0.2) is 4.79 Å². The molecule has 0 saturated heterocycles. The number of rotatable bonds is 4. The standard InChI is InChI=1S/C13H17NO2/c1-9(2)16-13(15)10(3)11-7-5-6-8-12(11)14-4/h5-9,14H,3H2,1-2,4H3. The Morgan fingerprint density at radius 2 is 2.00 bits per heavy atom. The third kappa shape index (κ3) is 2.86. The molecule has 0 atom stereocenters. The summed E-state index contributed by atoms with van der Waals surface area (Å²) >= 11 is 0. The van der Waals surface area contributed by atoms with E-state index in [2.05, 4.69) is 11.9 Å². The predicted octanol–water partition coefficient (Wildman–Crippen LogP) is 2.69. The fraction of sp³-hybridized carbons (Fsp3) is 0.308. The number of hydrogen-bond donors (Lipinski definition) is 1. The fourth-order valence-corrected chi connectivity index (χ4v) is 1.36. The molecule has 3 nitrogen and oxygen atoms in total. The number of benzene rings is 1. The van der Waals surface area contributed by atoms with Crippen molar-refractivity contribution in [3.63, 3.8) is 0 Å². The second-order valence-corrected chi connectivity index (χ2v) is 3.73. The number of esters is 1. The molecule has 86 valence electrons. The number of carbonyl (C=O) groups excluding carboxylic acids is 1. The van der Waals surface area contributed by atoms with Crippen molar-refractivity contribution < 1.29 is 9.53 Å². The lowest BCUT2D eigenvalue weighted by Gasteiger charge is -2.12. The molecule has 0 aliphatic rings. The van der Waals surface area contributed by atoms with E-state index in [1.807, 2.05) is 38.1 Å². The summed E-state index contributed by atoms with van der Waals surface area (Å²) in [7, 11) is 1.81. The van der Waals surface area contributed by atoms with Gasteiger partial charge in [0.15, 0.2) is 0 Å². The Morgan fingerprint density at radius 1 is 1.38 bits per heavy atom. The lowest BCUT2D eigenvalue weighted by Crippen LogP contribution is -2.13. The summed E-state index contributed by atoms with van der Waals surface area (Å²) in [6.07, 6.45) is -0.133. The van der Waals surface area contributed by atoms with Crippen LogP contribution in [-0.4, -0.2) is 19.1 Å². The largest absolute Gasteiger partial charge is 0.459 e. The molecule has 0 unspecified atom stereocenters. The van der Waals surface area contributed by atoms with Crippen molar-refractivity contribution in [2.45, 2.75) is 20.0 Å². The second kappa shape index (κ2) is 5.35. The molecule has 1 aromatic carbocycles. The zero-order chi connectivity index (χ0) is 12.1. The first-order chi connectivity index (χ1) is 7.56. The molecule has 0 spiro atoms. The van der Waals surface area contributed by atoms with E-state index in [0.717, 1.165) is 11.3 Å². The first-order valence-corrected chi connectivity index (χ1v) is 5.23. The predicted molar refractivity (Wildman–Crippen MR) is 66.3 cm³/mol. The number of para-hydroxylation sites is 1. The van der Waals surface area contributed by atoms with E-state index >= 15 is 0 Å². The maximum Gasteiger partial charge on any atom is 0.338 e. The monoisotopic (exact) mass is 219 g/mol. The summed E-state index contributed by atoms with van der Waals surface area (Å²) in [5, 5.41) is 3.02. The SMILES string of the molecule is C=C(C(=O)OC(C)C)c1ccccc1NC. The molecule has 1 rings (SSSR count). The number of carbonyl (C=O) groups is 1. The summed E-state index contributed by atoms with van der Waals surface area (Å²) in [6, 6.07) is 7.50. The minimum Gasteiger partial charge on any atom is -0.459 e. The number of anilines is 1. The van der Waals surface area contributed by atoms with Crippen LogP contribution in [0.1, 0.15) is 19.4 Å². The van der Waals surface area contributed by atoms with Gasteiger partial charge in [0, 0.05) is 18.3 Å². The molecule has 0 aliphatic carbocycles. The Hall–Kier alpha value is -1.77. The molecule has 0 aliphatic heterocycles. The Kier molecular flexibility index (Phi) is 4.11. The zero-order valence-electron chi connectivity index (χ0n) is 9.91. The van der Waals surface area contributed by atoms with E-state index in [0.29, 0.717) is 5.57 Å². The van der Waals surface area contributed by atoms with E-state index in [9.17, 15) is 4.79 Å². The van der Waals surface area contributed by atoms with Gasteiger partial charge in [-0.3, -0.25) is 0 Å². The Morgan fingerprint density at radius 3 is 2.56 bits per heavy atom. The van der Waals surface area contributed by atoms with E-state index in [1.54, 1.807) is 7.05 Å². The van der Waals surface area contributed by atoms with Gasteiger partial charge in [-0.1, -0.05) is 24.8 Å². The van der Waals surface area contributed by atoms with Gasteiger partial charge in [0.2, 0.25) is 0 Å². The smallest absolute Gasteiger partial charge is 0.338 e. The van der Waals surface area contributed by atoms with Crippen LogP contribution >= 0.6 is 0 Å². The van der Waals surface area contributed by atoms with Gasteiger partial charge in [-0.05, 0) is 19.9 Å². The summed E-state index contributed by atoms with van der Waals surface area (Å²) < 4.78 is 5.10. The second-order valence-electron chi connectivity index (χ2n) is 3.73. The van der Waals surface area contributed by atoms with Crippen LogP contribution in [0.4, 0.5) is 5.69 Å². The van der Waals surface area contributed by atoms with Gasteiger partial charge in [0.05, 0.1) is 11.7 Å². The van der Waals surface area contributed by atoms with Crippen molar-refractivity contribution in [1.82, 2.24) is 0 Å². The summed E-state index contributed by atoms with van der Waals surface area (Å²) in [4.78, 5) is 11.7. The highest BCUT2D eigenvalue weighted by Crippen LogP contribution is 2.23. The molecule has 0 radical (unpaired) electrons. The van der Waals surface area contributed by atoms with Crippen molar-refractivity contribution in [2.24, 2.45) is 0 Å². The molecule has 3 heteroatoms. The maximum absolute atomic E-state index is 11.7. The van der Waals surface area contributed by atoms with Gasteiger partial charge in [-0.2, -0.15) is 0 Å². The first-order valence-electron chi connectivity index (χ1n) is 5.23. The Balaban J connectivity index is 2.92. The van der Waals surface area contributed by atoms with E-state index in [1.165, 1.54) is 0 Å². The lowest BCUT2D eigenvalue weighted by molar-refractivity contribution is -0.140. The average molecular weight is 219 g/mol. The van der Waals surface area contributed by atoms with Crippen LogP contribution in [0, 0.1) is 0 Å². The van der Waals surface area contributed by atoms with E-state index in [4.69, 9.17) is 4.74 Å². The molecular weight excluding hydrogens is 202 g/mol. The van der Waals surface area contributed by atoms with Crippen LogP contribution < -0.4 is 5.32 Å². The normalized spacial score (nSPS) is 10.0. The minimum atomic E-state index is -0.377. The zero-order valence-corrected chi connectivity index (χ0v) is 9.91. The number of ether oxygens (including phenoxy) is 1. The van der Waals surface area contributed by atoms with Gasteiger partial charge >= 0.3 is 5.97 Å². The molecule has 0 fully saturated rings. The van der Waals surface area contributed by atoms with Crippen molar-refractivity contribution in [3.8, 4) is 0 Å². The first kappa shape index (κ1) is 12.3. The van der Waals surface area contributed by atoms with Crippen LogP contribution in [0.25, 0.3) is 5.57 Å². The molecule has 0 bridgehead atoms. The highest BCUT2D eigenvalue weighted by atomic mass is 16.5. The maximum atomic E-state index is 11.7. The molecule has 0 aromatic heterocycles. The van der Waals surface area contributed by atoms with Gasteiger partial charge < -0.3 is 10.1 Å². The van der Waals surface area contributed by atoms with Crippen molar-refractivity contribution in [1.29, 1.82) is 0 Å². The molecule has 16 heavy (non-hydrogen) atoms. The average Bonchev–Trinajstić information content (AvgIpc) is 2.27. The Bertz CT molecular complexity index is 397. The number of hydrogen-bond acceptors (Lipinski definition) is 3. The number of nitrogens with one attached hydrogen (secondary N) is 1. The molecule has 0 amide bonds. The van der Waals surface area contributed by atoms with Crippen LogP contribution in [0.5, 0.6) is 0 Å². The van der Waals surface area contributed by atoms with Crippen molar-refractivity contribution in [3.05, 3.63) is 36.4 Å². The lowest BCUT2D eigenvalue weighted by atomic mass is 10.1.